The largest absolute Gasteiger partial charge is 0.444 e. The van der Waals surface area contributed by atoms with E-state index in [9.17, 15) is 18.0 Å². The molecular weight excluding hydrogens is 478 g/mol. The number of hydrogen-bond acceptors (Lipinski definition) is 7. The van der Waals surface area contributed by atoms with E-state index in [0.717, 1.165) is 10.1 Å². The maximum Gasteiger partial charge on any atom is 0.410 e. The number of thiophene rings is 1. The number of rotatable bonds is 4. The zero-order valence-electron chi connectivity index (χ0n) is 19.7. The Labute approximate surface area is 203 Å². The first kappa shape index (κ1) is 24.9. The topological polar surface area (TPSA) is 119 Å². The van der Waals surface area contributed by atoms with E-state index in [1.54, 1.807) is 25.7 Å². The normalized spacial score (nSPS) is 21.0. The van der Waals surface area contributed by atoms with Crippen molar-refractivity contribution in [3.63, 3.8) is 0 Å². The van der Waals surface area contributed by atoms with Crippen LogP contribution in [0, 0.1) is 0 Å². The summed E-state index contributed by atoms with van der Waals surface area (Å²) >= 11 is 1.30. The Balaban J connectivity index is 1.49. The van der Waals surface area contributed by atoms with Gasteiger partial charge in [0.1, 0.15) is 5.60 Å². The third kappa shape index (κ3) is 5.07. The van der Waals surface area contributed by atoms with Crippen molar-refractivity contribution in [1.29, 1.82) is 0 Å². The molecule has 34 heavy (non-hydrogen) atoms. The van der Waals surface area contributed by atoms with Crippen molar-refractivity contribution in [3.05, 3.63) is 34.7 Å². The number of hydrogen-bond donors (Lipinski definition) is 1. The van der Waals surface area contributed by atoms with E-state index in [1.807, 2.05) is 24.3 Å². The van der Waals surface area contributed by atoms with E-state index >= 15 is 0 Å². The second kappa shape index (κ2) is 9.44. The number of sulfonamides is 1. The maximum atomic E-state index is 13.5. The highest BCUT2D eigenvalue weighted by Gasteiger charge is 2.40. The Morgan fingerprint density at radius 1 is 1.15 bits per heavy atom. The van der Waals surface area contributed by atoms with Crippen molar-refractivity contribution in [2.45, 2.75) is 50.6 Å². The number of nitrogens with zero attached hydrogens (tertiary/aromatic N) is 2. The molecule has 2 aliphatic heterocycles. The molecule has 4 rings (SSSR count). The molecule has 0 spiro atoms. The molecule has 2 fully saturated rings. The van der Waals surface area contributed by atoms with Gasteiger partial charge in [-0.25, -0.2) is 13.2 Å². The SMILES string of the molecule is CC(C)(C)OC(=O)N1CCC(S(=O)(=O)N2CCOC(c3c(C(N)=O)sc4ccccc34)C2)CC1. The summed E-state index contributed by atoms with van der Waals surface area (Å²) in [5.41, 5.74) is 5.70. The average molecular weight is 510 g/mol. The molecule has 2 aromatic rings. The number of amides is 2. The van der Waals surface area contributed by atoms with Crippen LogP contribution >= 0.6 is 11.3 Å². The minimum atomic E-state index is -3.62. The van der Waals surface area contributed by atoms with Crippen LogP contribution < -0.4 is 5.73 Å². The number of primary amides is 1. The van der Waals surface area contributed by atoms with Gasteiger partial charge in [0.05, 0.1) is 22.8 Å². The maximum absolute atomic E-state index is 13.5. The summed E-state index contributed by atoms with van der Waals surface area (Å²) < 4.78 is 40.7. The van der Waals surface area contributed by atoms with Gasteiger partial charge < -0.3 is 20.1 Å². The highest BCUT2D eigenvalue weighted by molar-refractivity contribution is 7.89. The zero-order chi connectivity index (χ0) is 24.7. The molecule has 186 valence electrons. The molecule has 2 saturated heterocycles. The highest BCUT2D eigenvalue weighted by Crippen LogP contribution is 2.39. The van der Waals surface area contributed by atoms with Crippen LogP contribution in [0.2, 0.25) is 0 Å². The number of likely N-dealkylation sites (tertiary alicyclic amines) is 1. The molecule has 0 saturated carbocycles. The molecule has 2 aliphatic rings. The quantitative estimate of drug-likeness (QED) is 0.676. The molecule has 1 unspecified atom stereocenters. The number of benzene rings is 1. The van der Waals surface area contributed by atoms with E-state index in [0.29, 0.717) is 36.4 Å². The van der Waals surface area contributed by atoms with Gasteiger partial charge in [-0.1, -0.05) is 18.2 Å². The van der Waals surface area contributed by atoms with Crippen LogP contribution in [0.3, 0.4) is 0 Å². The number of fused-ring (bicyclic) bond motifs is 1. The van der Waals surface area contributed by atoms with Crippen LogP contribution in [0.15, 0.2) is 24.3 Å². The predicted molar refractivity (Wildman–Crippen MR) is 130 cm³/mol. The average Bonchev–Trinajstić information content (AvgIpc) is 3.18. The Kier molecular flexibility index (Phi) is 6.92. The minimum absolute atomic E-state index is 0.121. The number of morpholine rings is 1. The number of ether oxygens (including phenoxy) is 2. The summed E-state index contributed by atoms with van der Waals surface area (Å²) in [5, 5.41) is 0.274. The van der Waals surface area contributed by atoms with Gasteiger partial charge in [-0.3, -0.25) is 4.79 Å². The van der Waals surface area contributed by atoms with Crippen LogP contribution in [0.1, 0.15) is 55.0 Å². The van der Waals surface area contributed by atoms with Gasteiger partial charge >= 0.3 is 6.09 Å². The molecule has 1 aromatic heterocycles. The number of carbonyl (C=O) groups is 2. The molecule has 1 atom stereocenters. The second-order valence-electron chi connectivity index (χ2n) is 9.63. The van der Waals surface area contributed by atoms with E-state index in [2.05, 4.69) is 0 Å². The van der Waals surface area contributed by atoms with Gasteiger partial charge in [0.15, 0.2) is 0 Å². The first-order valence-electron chi connectivity index (χ1n) is 11.4. The fourth-order valence-corrected chi connectivity index (χ4v) is 7.48. The van der Waals surface area contributed by atoms with Crippen LogP contribution in [0.4, 0.5) is 4.79 Å². The molecule has 2 N–H and O–H groups in total. The monoisotopic (exact) mass is 509 g/mol. The molecule has 9 nitrogen and oxygen atoms in total. The van der Waals surface area contributed by atoms with Gasteiger partial charge in [-0.05, 0) is 45.1 Å². The van der Waals surface area contributed by atoms with Crippen LogP contribution in [-0.2, 0) is 19.5 Å². The second-order valence-corrected chi connectivity index (χ2v) is 12.9. The van der Waals surface area contributed by atoms with Crippen LogP contribution in [0.25, 0.3) is 10.1 Å². The van der Waals surface area contributed by atoms with Crippen LogP contribution in [0.5, 0.6) is 0 Å². The summed E-state index contributed by atoms with van der Waals surface area (Å²) in [4.78, 5) is 26.4. The van der Waals surface area contributed by atoms with Gasteiger partial charge in [-0.15, -0.1) is 11.3 Å². The third-order valence-electron chi connectivity index (χ3n) is 6.08. The highest BCUT2D eigenvalue weighted by atomic mass is 32.2. The molecule has 3 heterocycles. The van der Waals surface area contributed by atoms with Crippen molar-refractivity contribution in [2.24, 2.45) is 5.73 Å². The van der Waals surface area contributed by atoms with Gasteiger partial charge in [0, 0.05) is 36.4 Å². The minimum Gasteiger partial charge on any atom is -0.444 e. The van der Waals surface area contributed by atoms with Crippen molar-refractivity contribution < 1.29 is 27.5 Å². The van der Waals surface area contributed by atoms with Crippen molar-refractivity contribution in [2.75, 3.05) is 32.8 Å². The molecule has 0 aliphatic carbocycles. The Morgan fingerprint density at radius 2 is 1.82 bits per heavy atom. The number of carbonyl (C=O) groups excluding carboxylic acids is 2. The Bertz CT molecular complexity index is 1180. The first-order valence-corrected chi connectivity index (χ1v) is 13.7. The summed E-state index contributed by atoms with van der Waals surface area (Å²) in [7, 11) is -3.62. The lowest BCUT2D eigenvalue weighted by Crippen LogP contribution is -2.50. The van der Waals surface area contributed by atoms with Gasteiger partial charge in [0.25, 0.3) is 5.91 Å². The van der Waals surface area contributed by atoms with E-state index in [1.165, 1.54) is 15.6 Å². The molecular formula is C23H31N3O6S2. The molecule has 1 aromatic carbocycles. The molecule has 0 bridgehead atoms. The Morgan fingerprint density at radius 3 is 2.47 bits per heavy atom. The molecule has 11 heteroatoms. The standard InChI is InChI=1S/C23H31N3O6S2/c1-23(2,3)32-22(28)25-10-8-15(9-11-25)34(29,30)26-12-13-31-17(14-26)19-16-6-4-5-7-18(16)33-20(19)21(24)27/h4-7,15,17H,8-14H2,1-3H3,(H2,24,27). The lowest BCUT2D eigenvalue weighted by molar-refractivity contribution is -0.00256. The van der Waals surface area contributed by atoms with Crippen molar-refractivity contribution >= 4 is 43.4 Å². The van der Waals surface area contributed by atoms with Gasteiger partial charge in [-0.2, -0.15) is 4.31 Å². The number of piperidine rings is 1. The summed E-state index contributed by atoms with van der Waals surface area (Å²) in [5.74, 6) is -0.547. The summed E-state index contributed by atoms with van der Waals surface area (Å²) in [6.07, 6.45) is -0.309. The first-order chi connectivity index (χ1) is 16.0. The zero-order valence-corrected chi connectivity index (χ0v) is 21.3. The van der Waals surface area contributed by atoms with E-state index in [-0.39, 0.29) is 19.7 Å². The fourth-order valence-electron chi connectivity index (χ4n) is 4.47. The van der Waals surface area contributed by atoms with Gasteiger partial charge in [0.2, 0.25) is 10.0 Å². The van der Waals surface area contributed by atoms with Crippen molar-refractivity contribution in [3.8, 4) is 0 Å². The smallest absolute Gasteiger partial charge is 0.410 e. The summed E-state index contributed by atoms with van der Waals surface area (Å²) in [6.45, 7) is 6.66. The molecule has 0 radical (unpaired) electrons. The third-order valence-corrected chi connectivity index (χ3v) is 9.65. The lowest BCUT2D eigenvalue weighted by Gasteiger charge is -2.38. The number of nitrogens with two attached hydrogens (primary N) is 1. The van der Waals surface area contributed by atoms with Crippen LogP contribution in [-0.4, -0.2) is 73.3 Å². The predicted octanol–water partition coefficient (Wildman–Crippen LogP) is 3.10. The lowest BCUT2D eigenvalue weighted by atomic mass is 10.0. The van der Waals surface area contributed by atoms with E-state index in [4.69, 9.17) is 15.2 Å². The van der Waals surface area contributed by atoms with E-state index < -0.39 is 39.0 Å². The molecule has 2 amide bonds. The fraction of sp³-hybridized carbons (Fsp3) is 0.565. The van der Waals surface area contributed by atoms with Crippen molar-refractivity contribution in [1.82, 2.24) is 9.21 Å². The summed E-state index contributed by atoms with van der Waals surface area (Å²) in [6, 6.07) is 7.57. The Hall–Kier alpha value is -2.21.